The maximum Gasteiger partial charge on any atom is 0.485 e. The van der Waals surface area contributed by atoms with E-state index in [0.29, 0.717) is 0 Å². The molecular weight excluding hydrogens is 439 g/mol. The summed E-state index contributed by atoms with van der Waals surface area (Å²) in [4.78, 5) is 0. The molecule has 3 nitrogen and oxygen atoms in total. The van der Waals surface area contributed by atoms with Gasteiger partial charge in [-0.05, 0) is 24.3 Å². The third-order valence-corrected chi connectivity index (χ3v) is 6.16. The Bertz CT molecular complexity index is 803. The number of fused-ring (bicyclic) bond motifs is 3. The number of hydrogen-bond donors (Lipinski definition) is 0. The summed E-state index contributed by atoms with van der Waals surface area (Å²) in [7, 11) is -6.09. The molecule has 3 rings (SSSR count). The molecule has 0 amide bonds. The van der Waals surface area contributed by atoms with Gasteiger partial charge in [-0.2, -0.15) is 13.2 Å². The molecule has 0 unspecified atom stereocenters. The first kappa shape index (κ1) is 17.2. The summed E-state index contributed by atoms with van der Waals surface area (Å²) in [6, 6.07) is 13.5. The van der Waals surface area contributed by atoms with Crippen molar-refractivity contribution >= 4 is 10.1 Å². The van der Waals surface area contributed by atoms with Crippen molar-refractivity contribution in [3.8, 4) is 11.1 Å². The first-order chi connectivity index (χ1) is 10.1. The van der Waals surface area contributed by atoms with E-state index in [2.05, 4.69) is 6.07 Å². The van der Waals surface area contributed by atoms with Crippen molar-refractivity contribution in [2.75, 3.05) is 0 Å². The lowest BCUT2D eigenvalue weighted by molar-refractivity contribution is -0.590. The van der Waals surface area contributed by atoms with Gasteiger partial charge in [-0.15, -0.1) is 0 Å². The molecule has 0 atom stereocenters. The maximum absolute atomic E-state index is 13.6. The Morgan fingerprint density at radius 3 is 2.09 bits per heavy atom. The minimum Gasteiger partial charge on any atom is -0.741 e. The van der Waals surface area contributed by atoms with Crippen molar-refractivity contribution < 1.29 is 51.7 Å². The lowest BCUT2D eigenvalue weighted by Crippen LogP contribution is -3.61. The summed E-state index contributed by atoms with van der Waals surface area (Å²) in [6.07, 6.45) is 0. The van der Waals surface area contributed by atoms with Crippen LogP contribution in [-0.4, -0.2) is 18.5 Å². The van der Waals surface area contributed by atoms with Crippen LogP contribution >= 0.6 is 0 Å². The predicted molar refractivity (Wildman–Crippen MR) is 65.0 cm³/mol. The topological polar surface area (TPSA) is 57.2 Å². The van der Waals surface area contributed by atoms with Crippen molar-refractivity contribution in [2.24, 2.45) is 0 Å². The highest BCUT2D eigenvalue weighted by Crippen LogP contribution is 2.24. The molecule has 22 heavy (non-hydrogen) atoms. The van der Waals surface area contributed by atoms with Crippen LogP contribution in [0.4, 0.5) is 17.6 Å². The molecule has 1 aliphatic heterocycles. The van der Waals surface area contributed by atoms with E-state index in [9.17, 15) is 17.6 Å². The van der Waals surface area contributed by atoms with Gasteiger partial charge in [0, 0.05) is 5.56 Å². The van der Waals surface area contributed by atoms with Crippen LogP contribution in [-0.2, 0) is 10.1 Å². The Labute approximate surface area is 134 Å². The molecule has 0 saturated heterocycles. The molecule has 2 aromatic rings. The van der Waals surface area contributed by atoms with Gasteiger partial charge in [-0.25, -0.2) is 12.8 Å². The minimum atomic E-state index is -6.09. The second kappa shape index (κ2) is 6.13. The molecule has 0 N–H and O–H groups in total. The first-order valence-electron chi connectivity index (χ1n) is 5.66. The van der Waals surface area contributed by atoms with Crippen molar-refractivity contribution in [3.05, 3.63) is 55.4 Å². The summed E-state index contributed by atoms with van der Waals surface area (Å²) in [6.45, 7) is 0. The summed E-state index contributed by atoms with van der Waals surface area (Å²) in [5, 5.41) is 0. The van der Waals surface area contributed by atoms with E-state index in [0.717, 1.165) is 11.1 Å². The van der Waals surface area contributed by atoms with Gasteiger partial charge in [0.1, 0.15) is 5.82 Å². The van der Waals surface area contributed by atoms with E-state index in [1.165, 1.54) is 7.14 Å². The van der Waals surface area contributed by atoms with Crippen molar-refractivity contribution in [1.82, 2.24) is 0 Å². The van der Waals surface area contributed by atoms with Crippen molar-refractivity contribution in [3.63, 3.8) is 0 Å². The number of halogens is 5. The Kier molecular flexibility index (Phi) is 4.78. The van der Waals surface area contributed by atoms with Gasteiger partial charge >= 0.3 is 26.7 Å². The Balaban J connectivity index is 0.000000192. The molecule has 0 spiro atoms. The molecule has 0 radical (unpaired) electrons. The molecule has 118 valence electrons. The van der Waals surface area contributed by atoms with Gasteiger partial charge in [0.2, 0.25) is 7.14 Å². The summed E-state index contributed by atoms with van der Waals surface area (Å²) >= 11 is -0.154. The standard InChI is InChI=1S/C12H7FI.CHF3O3S/c13-9-5-3-7-11-12(9)8-4-1-2-6-10(8)14-11;2-1(3,4)8(5,6)7/h1-7H;(H,5,6,7)/q+1;/p-1. The summed E-state index contributed by atoms with van der Waals surface area (Å²) in [5.41, 5.74) is -3.70. The molecule has 2 aromatic carbocycles. The Hall–Kier alpha value is -1.20. The Morgan fingerprint density at radius 1 is 0.955 bits per heavy atom. The SMILES string of the molecule is Fc1cccc2c1-c1ccccc1[I+]2.O=S(=O)([O-])C(F)(F)F. The molecule has 0 bridgehead atoms. The average Bonchev–Trinajstić information content (AvgIpc) is 2.76. The fourth-order valence-electron chi connectivity index (χ4n) is 1.69. The second-order valence-electron chi connectivity index (χ2n) is 4.07. The average molecular weight is 446 g/mol. The monoisotopic (exact) mass is 446 g/mol. The second-order valence-corrected chi connectivity index (χ2v) is 8.31. The van der Waals surface area contributed by atoms with Crippen LogP contribution in [0.3, 0.4) is 0 Å². The lowest BCUT2D eigenvalue weighted by Gasteiger charge is -2.08. The van der Waals surface area contributed by atoms with Crippen LogP contribution in [0.25, 0.3) is 11.1 Å². The first-order valence-corrected chi connectivity index (χ1v) is 9.23. The van der Waals surface area contributed by atoms with Crippen LogP contribution in [0.15, 0.2) is 42.5 Å². The van der Waals surface area contributed by atoms with Gasteiger partial charge in [0.25, 0.3) is 0 Å². The maximum atomic E-state index is 13.6. The van der Waals surface area contributed by atoms with Crippen molar-refractivity contribution in [2.45, 2.75) is 5.51 Å². The largest absolute Gasteiger partial charge is 0.741 e. The van der Waals surface area contributed by atoms with Crippen LogP contribution in [0.2, 0.25) is 0 Å². The van der Waals surface area contributed by atoms with E-state index in [1.54, 1.807) is 12.1 Å². The van der Waals surface area contributed by atoms with Gasteiger partial charge in [-0.1, -0.05) is 18.2 Å². The number of rotatable bonds is 0. The third kappa shape index (κ3) is 3.58. The highest BCUT2D eigenvalue weighted by Gasteiger charge is 2.37. The van der Waals surface area contributed by atoms with Crippen LogP contribution in [0.1, 0.15) is 0 Å². The molecule has 0 saturated carbocycles. The molecular formula is C13H7F4IO3S. The Morgan fingerprint density at radius 2 is 1.50 bits per heavy atom. The van der Waals surface area contributed by atoms with Gasteiger partial charge in [0.05, 0.1) is 5.56 Å². The fraction of sp³-hybridized carbons (Fsp3) is 0.0769. The van der Waals surface area contributed by atoms with E-state index >= 15 is 0 Å². The number of benzene rings is 2. The zero-order chi connectivity index (χ0) is 16.5. The van der Waals surface area contributed by atoms with Gasteiger partial charge in [-0.3, -0.25) is 0 Å². The molecule has 0 aromatic heterocycles. The molecule has 9 heteroatoms. The summed E-state index contributed by atoms with van der Waals surface area (Å²) in [5.74, 6) is -0.0767. The fourth-order valence-corrected chi connectivity index (χ4v) is 4.65. The smallest absolute Gasteiger partial charge is 0.485 e. The molecule has 0 fully saturated rings. The molecule has 1 heterocycles. The predicted octanol–water partition coefficient (Wildman–Crippen LogP) is -0.0141. The van der Waals surface area contributed by atoms with E-state index in [-0.39, 0.29) is 27.0 Å². The zero-order valence-electron chi connectivity index (χ0n) is 10.6. The summed E-state index contributed by atoms with van der Waals surface area (Å²) < 4.78 is 75.0. The highest BCUT2D eigenvalue weighted by atomic mass is 127. The van der Waals surface area contributed by atoms with E-state index < -0.39 is 15.6 Å². The van der Waals surface area contributed by atoms with Gasteiger partial charge in [0.15, 0.2) is 10.1 Å². The number of hydrogen-bond acceptors (Lipinski definition) is 3. The van der Waals surface area contributed by atoms with Crippen molar-refractivity contribution in [1.29, 1.82) is 0 Å². The van der Waals surface area contributed by atoms with E-state index in [1.807, 2.05) is 24.3 Å². The number of alkyl halides is 3. The normalized spacial score (nSPS) is 13.0. The van der Waals surface area contributed by atoms with E-state index in [4.69, 9.17) is 13.0 Å². The zero-order valence-corrected chi connectivity index (χ0v) is 13.5. The highest BCUT2D eigenvalue weighted by molar-refractivity contribution is 7.86. The third-order valence-electron chi connectivity index (χ3n) is 2.59. The minimum absolute atomic E-state index is 0.0767. The van der Waals surface area contributed by atoms with Crippen LogP contribution < -0.4 is 21.2 Å². The van der Waals surface area contributed by atoms with Crippen LogP contribution in [0.5, 0.6) is 0 Å². The molecule has 0 aliphatic carbocycles. The van der Waals surface area contributed by atoms with Crippen LogP contribution in [0, 0.1) is 13.0 Å². The quantitative estimate of drug-likeness (QED) is 0.211. The lowest BCUT2D eigenvalue weighted by atomic mass is 10.1. The molecule has 1 aliphatic rings. The van der Waals surface area contributed by atoms with Gasteiger partial charge < -0.3 is 4.55 Å².